The van der Waals surface area contributed by atoms with Crippen molar-refractivity contribution >= 4 is 44.9 Å². The monoisotopic (exact) mass is 1050 g/mol. The average molecular weight is 1050 g/mol. The van der Waals surface area contributed by atoms with Crippen molar-refractivity contribution < 1.29 is 19.2 Å². The van der Waals surface area contributed by atoms with Crippen LogP contribution in [0.3, 0.4) is 0 Å². The summed E-state index contributed by atoms with van der Waals surface area (Å²) >= 11 is 0. The molecule has 4 aliphatic rings. The lowest BCUT2D eigenvalue weighted by molar-refractivity contribution is -0.125. The maximum atomic E-state index is 12.7. The van der Waals surface area contributed by atoms with E-state index in [1.54, 1.807) is 0 Å². The van der Waals surface area contributed by atoms with E-state index in [-0.39, 0.29) is 62.6 Å². The van der Waals surface area contributed by atoms with E-state index < -0.39 is 0 Å². The number of ketones is 2. The molecule has 0 unspecified atom stereocenters. The van der Waals surface area contributed by atoms with Crippen molar-refractivity contribution in [1.82, 2.24) is 83.4 Å². The highest BCUT2D eigenvalue weighted by Gasteiger charge is 2.20. The predicted molar refractivity (Wildman–Crippen MR) is 304 cm³/mol. The lowest BCUT2D eigenvalue weighted by atomic mass is 9.96. The van der Waals surface area contributed by atoms with Gasteiger partial charge in [0.15, 0.2) is 11.6 Å². The third-order valence-corrected chi connectivity index (χ3v) is 13.9. The second-order valence-corrected chi connectivity index (χ2v) is 20.3. The Labute approximate surface area is 450 Å². The molecule has 20 nitrogen and oxygen atoms in total. The van der Waals surface area contributed by atoms with Gasteiger partial charge in [-0.2, -0.15) is 0 Å². The van der Waals surface area contributed by atoms with Crippen molar-refractivity contribution in [3.8, 4) is 0 Å². The lowest BCUT2D eigenvalue weighted by Crippen LogP contribution is -2.45. The molecule has 0 radical (unpaired) electrons. The van der Waals surface area contributed by atoms with Gasteiger partial charge in [-0.25, -0.2) is 0 Å². The van der Waals surface area contributed by atoms with Crippen LogP contribution in [0.25, 0.3) is 21.5 Å². The van der Waals surface area contributed by atoms with Crippen molar-refractivity contribution in [2.24, 2.45) is 0 Å². The number of carbonyl (C=O) groups is 4. The van der Waals surface area contributed by atoms with Crippen LogP contribution in [0.15, 0.2) is 72.8 Å². The fourth-order valence-corrected chi connectivity index (χ4v) is 9.95. The summed E-state index contributed by atoms with van der Waals surface area (Å²) in [4.78, 5) is 59.7. The van der Waals surface area contributed by atoms with Crippen LogP contribution in [-0.4, -0.2) is 226 Å². The van der Waals surface area contributed by atoms with E-state index in [0.717, 1.165) is 150 Å². The maximum Gasteiger partial charge on any atom is 0.234 e. The Hall–Kier alpha value is -4.88. The van der Waals surface area contributed by atoms with E-state index in [1.807, 2.05) is 34.1 Å². The summed E-state index contributed by atoms with van der Waals surface area (Å²) < 4.78 is 0. The van der Waals surface area contributed by atoms with E-state index in [1.165, 1.54) is 11.1 Å². The van der Waals surface area contributed by atoms with Crippen molar-refractivity contribution in [1.29, 1.82) is 0 Å². The molecule has 8 rings (SSSR count). The van der Waals surface area contributed by atoms with Crippen LogP contribution in [0.1, 0.15) is 22.3 Å². The van der Waals surface area contributed by atoms with E-state index in [2.05, 4.69) is 122 Å². The molecule has 0 atom stereocenters. The Balaban J connectivity index is 0.000000233. The molecule has 2 amide bonds. The maximum absolute atomic E-state index is 12.7. The van der Waals surface area contributed by atoms with Crippen molar-refractivity contribution in [3.05, 3.63) is 95.1 Å². The summed E-state index contributed by atoms with van der Waals surface area (Å²) in [5, 5.41) is 43.7. The second-order valence-electron chi connectivity index (χ2n) is 20.3. The number of nitrogens with zero attached hydrogens (tertiary/aromatic N) is 4. The Bertz CT molecular complexity index is 2150. The van der Waals surface area contributed by atoms with Crippen molar-refractivity contribution in [3.63, 3.8) is 0 Å². The van der Waals surface area contributed by atoms with Crippen LogP contribution in [0.4, 0.5) is 0 Å². The first kappa shape index (κ1) is 58.8. The van der Waals surface area contributed by atoms with Crippen LogP contribution < -0.4 is 63.8 Å². The van der Waals surface area contributed by atoms with Crippen molar-refractivity contribution in [2.45, 2.75) is 26.2 Å². The highest BCUT2D eigenvalue weighted by molar-refractivity contribution is 6.01. The molecule has 4 aromatic carbocycles. The zero-order valence-electron chi connectivity index (χ0n) is 45.0. The van der Waals surface area contributed by atoms with Gasteiger partial charge in [0, 0.05) is 170 Å². The van der Waals surface area contributed by atoms with Gasteiger partial charge in [-0.05, 0) is 55.9 Å². The minimum Gasteiger partial charge on any atom is -0.354 e. The Morgan fingerprint density at radius 3 is 1.11 bits per heavy atom. The zero-order valence-corrected chi connectivity index (χ0v) is 45.0. The first-order valence-corrected chi connectivity index (χ1v) is 27.9. The van der Waals surface area contributed by atoms with Gasteiger partial charge in [0.1, 0.15) is 0 Å². The smallest absolute Gasteiger partial charge is 0.234 e. The number of nitrogens with one attached hydrogen (secondary N) is 12. The molecule has 0 saturated carbocycles. The van der Waals surface area contributed by atoms with Gasteiger partial charge in [-0.1, -0.05) is 60.7 Å². The summed E-state index contributed by atoms with van der Waals surface area (Å²) in [5.41, 5.74) is 4.85. The van der Waals surface area contributed by atoms with Crippen molar-refractivity contribution in [2.75, 3.05) is 184 Å². The minimum absolute atomic E-state index is 0.0178. The summed E-state index contributed by atoms with van der Waals surface area (Å²) in [6.45, 7) is 24.1. The molecule has 4 fully saturated rings. The quantitative estimate of drug-likeness (QED) is 0.0869. The molecule has 4 heterocycles. The Morgan fingerprint density at radius 2 is 0.711 bits per heavy atom. The molecular formula is C56H88N16O4. The average Bonchev–Trinajstić information content (AvgIpc) is 3.41. The van der Waals surface area contributed by atoms with Gasteiger partial charge in [-0.3, -0.25) is 49.4 Å². The van der Waals surface area contributed by atoms with Gasteiger partial charge >= 0.3 is 0 Å². The minimum atomic E-state index is -0.114. The van der Waals surface area contributed by atoms with Crippen LogP contribution in [0, 0.1) is 0 Å². The third kappa shape index (κ3) is 21.9. The number of amides is 2. The van der Waals surface area contributed by atoms with Gasteiger partial charge in [-0.15, -0.1) is 0 Å². The number of rotatable bonds is 8. The SMILES string of the molecule is O=C1CNCNCCNC(=O)CN(Cc2cccc3cc4cccc(CN5CC(=O)CNCNCCNC(=O)C5)c4cc23)C1.c1cc(CN2CCNCCNCCNCC2)ccc1CN1CCNCCNCCNCC1. The van der Waals surface area contributed by atoms with E-state index in [4.69, 9.17) is 0 Å². The van der Waals surface area contributed by atoms with E-state index in [0.29, 0.717) is 52.6 Å². The van der Waals surface area contributed by atoms with E-state index >= 15 is 0 Å². The topological polar surface area (TPSA) is 226 Å². The van der Waals surface area contributed by atoms with Crippen LogP contribution >= 0.6 is 0 Å². The number of hydrogen-bond donors (Lipinski definition) is 12. The number of carbonyl (C=O) groups excluding carboxylic acids is 4. The summed E-state index contributed by atoms with van der Waals surface area (Å²) in [6, 6.07) is 25.8. The first-order valence-electron chi connectivity index (χ1n) is 27.9. The van der Waals surface area contributed by atoms with Crippen LogP contribution in [-0.2, 0) is 45.4 Å². The molecule has 416 valence electrons. The highest BCUT2D eigenvalue weighted by Crippen LogP contribution is 2.29. The highest BCUT2D eigenvalue weighted by atomic mass is 16.2. The molecule has 0 bridgehead atoms. The fourth-order valence-electron chi connectivity index (χ4n) is 9.95. The lowest BCUT2D eigenvalue weighted by Gasteiger charge is -2.25. The number of fused-ring (bicyclic) bond motifs is 2. The number of Topliss-reactive ketones (excluding diaryl/α,β-unsaturated/α-hetero) is 2. The molecule has 76 heavy (non-hydrogen) atoms. The molecule has 4 aliphatic heterocycles. The Kier molecular flexibility index (Phi) is 26.4. The van der Waals surface area contributed by atoms with Crippen LogP contribution in [0.2, 0.25) is 0 Å². The first-order chi connectivity index (χ1) is 37.3. The largest absolute Gasteiger partial charge is 0.354 e. The predicted octanol–water partition coefficient (Wildman–Crippen LogP) is -1.88. The van der Waals surface area contributed by atoms with Gasteiger partial charge in [0.25, 0.3) is 0 Å². The van der Waals surface area contributed by atoms with Gasteiger partial charge in [0.2, 0.25) is 11.8 Å². The normalized spacial score (nSPS) is 21.1. The standard InChI is InChI=1S/C32H42N8O4.C24H46N8/c41-27-13-35-21-33-7-9-37-31(43)19-39(17-27)15-25-5-1-3-23-11-24-4-2-6-26(30(24)12-29(23)25)16-40-18-28(42)14-36-22-34-8-10-38-32(44)20-40;1-2-24(22-32-19-15-29-11-7-26-8-12-30-16-20-32)4-3-23(1)21-31-17-13-27-9-5-25-6-10-28-14-18-31/h1-6,11-12,33-36H,7-10,13-22H2,(H,37,43)(H,38,44);1-4,25-30H,5-22H2. The third-order valence-electron chi connectivity index (χ3n) is 13.9. The molecule has 20 heteroatoms. The molecule has 12 N–H and O–H groups in total. The molecule has 4 saturated heterocycles. The summed E-state index contributed by atoms with van der Waals surface area (Å²) in [6.07, 6.45) is 0. The molecule has 4 aromatic rings. The van der Waals surface area contributed by atoms with Gasteiger partial charge in [0.05, 0.1) is 39.3 Å². The summed E-state index contributed by atoms with van der Waals surface area (Å²) in [7, 11) is 0. The molecule has 0 aliphatic carbocycles. The molecule has 0 aromatic heterocycles. The summed E-state index contributed by atoms with van der Waals surface area (Å²) in [5.74, 6) is -0.192. The fraction of sp³-hybridized carbons (Fsp3) is 0.571. The number of benzene rings is 4. The van der Waals surface area contributed by atoms with Gasteiger partial charge < -0.3 is 53.2 Å². The van der Waals surface area contributed by atoms with E-state index in [9.17, 15) is 19.2 Å². The Morgan fingerprint density at radius 1 is 0.342 bits per heavy atom. The van der Waals surface area contributed by atoms with Crippen LogP contribution in [0.5, 0.6) is 0 Å². The molecular weight excluding hydrogens is 961 g/mol. The second kappa shape index (κ2) is 34.1. The molecule has 0 spiro atoms. The zero-order chi connectivity index (χ0) is 52.8. The number of hydrogen-bond acceptors (Lipinski definition) is 18.